The minimum atomic E-state index is -0.359. The molecule has 0 unspecified atom stereocenters. The van der Waals surface area contributed by atoms with Crippen molar-refractivity contribution in [1.82, 2.24) is 14.5 Å². The molecular formula is C66H60N3OPt-. The maximum Gasteiger partial charge on any atom is 0.148 e. The van der Waals surface area contributed by atoms with E-state index in [1.54, 1.807) is 0 Å². The predicted molar refractivity (Wildman–Crippen MR) is 294 cm³/mol. The van der Waals surface area contributed by atoms with Crippen molar-refractivity contribution in [2.45, 2.75) is 78.6 Å². The molecule has 0 atom stereocenters. The Hall–Kier alpha value is -7.13. The van der Waals surface area contributed by atoms with Crippen molar-refractivity contribution in [1.29, 1.82) is 0 Å². The minimum Gasteiger partial charge on any atom is -0.507 e. The molecule has 0 saturated carbocycles. The number of phenolic OH excluding ortho intramolecular Hbond substituents is 1. The molecule has 10 aromatic rings. The molecule has 0 fully saturated rings. The summed E-state index contributed by atoms with van der Waals surface area (Å²) in [6, 6.07) is 70.5. The number of benzene rings is 8. The summed E-state index contributed by atoms with van der Waals surface area (Å²) in [5, 5.41) is 12.8. The molecule has 0 aliphatic heterocycles. The number of imidazole rings is 1. The molecule has 0 spiro atoms. The van der Waals surface area contributed by atoms with E-state index < -0.39 is 0 Å². The monoisotopic (exact) mass is 1110 g/mol. The maximum atomic E-state index is 12.8. The molecule has 4 nitrogen and oxygen atoms in total. The van der Waals surface area contributed by atoms with Crippen LogP contribution in [-0.4, -0.2) is 19.6 Å². The van der Waals surface area contributed by atoms with E-state index in [9.17, 15) is 5.11 Å². The number of pyridine rings is 1. The van der Waals surface area contributed by atoms with Gasteiger partial charge in [0.15, 0.2) is 0 Å². The van der Waals surface area contributed by atoms with Gasteiger partial charge in [-0.1, -0.05) is 237 Å². The number of phenols is 1. The molecule has 1 N–H and O–H groups in total. The van der Waals surface area contributed by atoms with Gasteiger partial charge in [-0.25, -0.2) is 4.98 Å². The molecule has 10 rings (SSSR count). The zero-order chi connectivity index (χ0) is 49.0. The van der Waals surface area contributed by atoms with E-state index in [-0.39, 0.29) is 43.1 Å². The van der Waals surface area contributed by atoms with Crippen LogP contribution >= 0.6 is 0 Å². The van der Waals surface area contributed by atoms with Gasteiger partial charge in [0.2, 0.25) is 0 Å². The van der Waals surface area contributed by atoms with Crippen LogP contribution in [0.15, 0.2) is 194 Å². The van der Waals surface area contributed by atoms with Gasteiger partial charge in [0, 0.05) is 49.6 Å². The van der Waals surface area contributed by atoms with Gasteiger partial charge in [0.05, 0.1) is 22.3 Å². The van der Waals surface area contributed by atoms with Crippen molar-refractivity contribution in [3.63, 3.8) is 0 Å². The zero-order valence-electron chi connectivity index (χ0n) is 42.1. The normalized spacial score (nSPS) is 12.0. The fourth-order valence-electron chi connectivity index (χ4n) is 9.59. The average Bonchev–Trinajstić information content (AvgIpc) is 3.75. The number of hydrogen-bond acceptors (Lipinski definition) is 3. The molecule has 5 heteroatoms. The maximum absolute atomic E-state index is 12.8. The molecular weight excluding hydrogens is 1050 g/mol. The number of hydrogen-bond donors (Lipinski definition) is 1. The largest absolute Gasteiger partial charge is 0.507 e. The van der Waals surface area contributed by atoms with E-state index >= 15 is 0 Å². The van der Waals surface area contributed by atoms with Crippen molar-refractivity contribution in [2.75, 3.05) is 0 Å². The Morgan fingerprint density at radius 2 is 0.972 bits per heavy atom. The first-order valence-electron chi connectivity index (χ1n) is 24.4. The van der Waals surface area contributed by atoms with Crippen LogP contribution in [0.1, 0.15) is 79.0 Å². The van der Waals surface area contributed by atoms with Crippen molar-refractivity contribution >= 4 is 11.0 Å². The van der Waals surface area contributed by atoms with Gasteiger partial charge in [-0.05, 0) is 73.4 Å². The molecule has 2 heterocycles. The Labute approximate surface area is 434 Å². The molecule has 2 aromatic heterocycles. The third-order valence-corrected chi connectivity index (χ3v) is 13.5. The second kappa shape index (κ2) is 19.2. The molecule has 356 valence electrons. The van der Waals surface area contributed by atoms with Crippen molar-refractivity contribution in [3.8, 4) is 89.7 Å². The summed E-state index contributed by atoms with van der Waals surface area (Å²) < 4.78 is 2.30. The number of rotatable bonds is 8. The number of fused-ring (bicyclic) bond motifs is 1. The van der Waals surface area contributed by atoms with Crippen molar-refractivity contribution in [3.05, 3.63) is 217 Å². The van der Waals surface area contributed by atoms with Gasteiger partial charge in [-0.15, -0.1) is 23.8 Å². The fraction of sp³-hybridized carbons (Fsp3) is 0.182. The number of para-hydroxylation sites is 2. The SMILES string of the molecule is CC(C)(C)c1ccc(-c2cc(-c3cc(-c4ccccc4)ccn3)[c-]c(-c3cccc4c3nc(-c3cc(C(C)(C)C)cc(C(C)(C)C)c3O)n4-c3c(-c4ccccc4)cccc3-c3ccccc3)c2)cc1.[Pt]. The molecule has 0 amide bonds. The fourth-order valence-corrected chi connectivity index (χ4v) is 9.59. The Bertz CT molecular complexity index is 3460. The van der Waals surface area contributed by atoms with E-state index in [0.29, 0.717) is 11.4 Å². The Balaban J connectivity index is 0.00000624. The Morgan fingerprint density at radius 3 is 1.55 bits per heavy atom. The Kier molecular flexibility index (Phi) is 13.2. The average molecular weight is 1110 g/mol. The Morgan fingerprint density at radius 1 is 0.437 bits per heavy atom. The van der Waals surface area contributed by atoms with E-state index in [2.05, 4.69) is 255 Å². The molecule has 8 aromatic carbocycles. The van der Waals surface area contributed by atoms with Gasteiger partial charge < -0.3 is 5.11 Å². The third-order valence-electron chi connectivity index (χ3n) is 13.5. The minimum absolute atomic E-state index is 0. The number of nitrogens with zero attached hydrogens (tertiary/aromatic N) is 3. The number of aromatic hydroxyl groups is 1. The standard InChI is InChI=1S/C66H60N3O.Pt/c1-64(2,3)51-33-31-44(32-34-51)48-37-49(39-50(38-48)58-40-47(35-36-67-58)43-21-13-10-14-22-43)53-27-20-30-59-60(53)68-63(56-41-52(65(4,5)6)42-57(62(56)70)66(7,8)9)69(59)61-54(45-23-15-11-16-24-45)28-19-29-55(61)46-25-17-12-18-26-46;/h10-38,40-42,70H,1-9H3;/q-1;. The van der Waals surface area contributed by atoms with Crippen molar-refractivity contribution < 1.29 is 26.2 Å². The molecule has 0 bridgehead atoms. The first kappa shape index (κ1) is 48.9. The van der Waals surface area contributed by atoms with Gasteiger partial charge in [0.1, 0.15) is 11.6 Å². The summed E-state index contributed by atoms with van der Waals surface area (Å²) in [4.78, 5) is 10.8. The molecule has 0 aliphatic rings. The van der Waals surface area contributed by atoms with E-state index in [1.807, 2.05) is 12.3 Å². The summed E-state index contributed by atoms with van der Waals surface area (Å²) in [6.07, 6.45) is 1.89. The van der Waals surface area contributed by atoms with E-state index in [4.69, 9.17) is 9.97 Å². The van der Waals surface area contributed by atoms with Gasteiger partial charge in [0.25, 0.3) is 0 Å². The van der Waals surface area contributed by atoms with Gasteiger partial charge >= 0.3 is 0 Å². The van der Waals surface area contributed by atoms with Gasteiger partial charge in [-0.3, -0.25) is 9.55 Å². The van der Waals surface area contributed by atoms with Crippen LogP contribution in [0.4, 0.5) is 0 Å². The molecule has 0 radical (unpaired) electrons. The predicted octanol–water partition coefficient (Wildman–Crippen LogP) is 17.5. The van der Waals surface area contributed by atoms with Crippen LogP contribution in [0.3, 0.4) is 0 Å². The van der Waals surface area contributed by atoms with E-state index in [0.717, 1.165) is 94.7 Å². The van der Waals surface area contributed by atoms with Crippen LogP contribution < -0.4 is 0 Å². The molecule has 0 aliphatic carbocycles. The first-order valence-corrected chi connectivity index (χ1v) is 24.4. The molecule has 71 heavy (non-hydrogen) atoms. The van der Waals surface area contributed by atoms with Crippen LogP contribution in [-0.2, 0) is 37.3 Å². The topological polar surface area (TPSA) is 50.9 Å². The van der Waals surface area contributed by atoms with Crippen LogP contribution in [0.25, 0.3) is 95.0 Å². The summed E-state index contributed by atoms with van der Waals surface area (Å²) in [5.74, 6) is 0.888. The third kappa shape index (κ3) is 9.71. The van der Waals surface area contributed by atoms with E-state index in [1.165, 1.54) is 5.56 Å². The summed E-state index contributed by atoms with van der Waals surface area (Å²) >= 11 is 0. The van der Waals surface area contributed by atoms with Crippen molar-refractivity contribution in [2.24, 2.45) is 0 Å². The second-order valence-electron chi connectivity index (χ2n) is 21.6. The first-order chi connectivity index (χ1) is 33.5. The number of aromatic nitrogens is 3. The zero-order valence-corrected chi connectivity index (χ0v) is 44.4. The van der Waals surface area contributed by atoms with Crippen LogP contribution in [0, 0.1) is 6.07 Å². The van der Waals surface area contributed by atoms with Gasteiger partial charge in [-0.2, -0.15) is 0 Å². The summed E-state index contributed by atoms with van der Waals surface area (Å²) in [7, 11) is 0. The van der Waals surface area contributed by atoms with Crippen LogP contribution in [0.5, 0.6) is 5.75 Å². The summed E-state index contributed by atoms with van der Waals surface area (Å²) in [6.45, 7) is 19.9. The smallest absolute Gasteiger partial charge is 0.148 e. The molecule has 0 saturated heterocycles. The quantitative estimate of drug-likeness (QED) is 0.154. The van der Waals surface area contributed by atoms with Crippen LogP contribution in [0.2, 0.25) is 0 Å². The summed E-state index contributed by atoms with van der Waals surface area (Å²) in [5.41, 5.74) is 18.2. The second-order valence-corrected chi connectivity index (χ2v) is 21.6.